The van der Waals surface area contributed by atoms with E-state index < -0.39 is 0 Å². The maximum atomic E-state index is 13.0. The summed E-state index contributed by atoms with van der Waals surface area (Å²) in [5.41, 5.74) is 1.61. The van der Waals surface area contributed by atoms with Gasteiger partial charge >= 0.3 is 0 Å². The van der Waals surface area contributed by atoms with E-state index in [0.717, 1.165) is 37.6 Å². The first-order valence-electron chi connectivity index (χ1n) is 8.09. The predicted molar refractivity (Wildman–Crippen MR) is 88.7 cm³/mol. The molecule has 23 heavy (non-hydrogen) atoms. The first-order valence-corrected chi connectivity index (χ1v) is 8.09. The minimum atomic E-state index is 0.0737. The summed E-state index contributed by atoms with van der Waals surface area (Å²) in [5.74, 6) is 0.819. The van der Waals surface area contributed by atoms with E-state index in [1.54, 1.807) is 17.1 Å². The van der Waals surface area contributed by atoms with Gasteiger partial charge in [-0.2, -0.15) is 5.10 Å². The van der Waals surface area contributed by atoms with Crippen molar-refractivity contribution in [2.75, 3.05) is 26.7 Å². The van der Waals surface area contributed by atoms with Crippen molar-refractivity contribution in [2.24, 2.45) is 0 Å². The van der Waals surface area contributed by atoms with Gasteiger partial charge in [-0.25, -0.2) is 9.67 Å². The molecule has 1 atom stereocenters. The summed E-state index contributed by atoms with van der Waals surface area (Å²) in [5, 5.41) is 4.41. The monoisotopic (exact) mass is 313 g/mol. The summed E-state index contributed by atoms with van der Waals surface area (Å²) in [6.07, 6.45) is 4.15. The number of aromatic nitrogens is 3. The third-order valence-electron chi connectivity index (χ3n) is 4.39. The summed E-state index contributed by atoms with van der Waals surface area (Å²) in [7, 11) is 2.09. The number of hydrogen-bond donors (Lipinski definition) is 0. The molecule has 0 spiro atoms. The van der Waals surface area contributed by atoms with Crippen LogP contribution in [0.3, 0.4) is 0 Å². The normalized spacial score (nSPS) is 19.1. The minimum Gasteiger partial charge on any atom is -0.333 e. The Kier molecular flexibility index (Phi) is 4.43. The Morgan fingerprint density at radius 2 is 2.17 bits per heavy atom. The zero-order valence-electron chi connectivity index (χ0n) is 13.9. The molecule has 0 radical (unpaired) electrons. The van der Waals surface area contributed by atoms with E-state index in [-0.39, 0.29) is 11.9 Å². The number of nitrogens with zero attached hydrogens (tertiary/aromatic N) is 5. The Morgan fingerprint density at radius 3 is 2.83 bits per heavy atom. The summed E-state index contributed by atoms with van der Waals surface area (Å²) in [6, 6.07) is 5.91. The van der Waals surface area contributed by atoms with E-state index in [9.17, 15) is 4.79 Å². The van der Waals surface area contributed by atoms with Gasteiger partial charge in [0.05, 0.1) is 17.5 Å². The van der Waals surface area contributed by atoms with Crippen LogP contribution in [-0.2, 0) is 6.42 Å². The molecule has 122 valence electrons. The van der Waals surface area contributed by atoms with Crippen LogP contribution in [0, 0.1) is 0 Å². The lowest BCUT2D eigenvalue weighted by atomic mass is 10.1. The molecular formula is C17H23N5O. The fourth-order valence-corrected chi connectivity index (χ4v) is 3.17. The van der Waals surface area contributed by atoms with Crippen LogP contribution in [0.15, 0.2) is 30.6 Å². The number of amides is 1. The van der Waals surface area contributed by atoms with Crippen LogP contribution in [0.2, 0.25) is 0 Å². The van der Waals surface area contributed by atoms with E-state index in [4.69, 9.17) is 0 Å². The molecule has 0 aromatic carbocycles. The number of piperazine rings is 1. The molecule has 0 saturated carbocycles. The molecule has 2 aromatic rings. The second-order valence-corrected chi connectivity index (χ2v) is 6.07. The highest BCUT2D eigenvalue weighted by atomic mass is 16.2. The maximum absolute atomic E-state index is 13.0. The van der Waals surface area contributed by atoms with Crippen LogP contribution in [0.4, 0.5) is 0 Å². The van der Waals surface area contributed by atoms with Gasteiger partial charge in [-0.15, -0.1) is 0 Å². The molecule has 0 bridgehead atoms. The first kappa shape index (κ1) is 15.7. The number of likely N-dealkylation sites (N-methyl/N-ethyl adjacent to an activating group) is 1. The highest BCUT2D eigenvalue weighted by Crippen LogP contribution is 2.19. The lowest BCUT2D eigenvalue weighted by molar-refractivity contribution is 0.0532. The number of hydrogen-bond acceptors (Lipinski definition) is 4. The van der Waals surface area contributed by atoms with Crippen LogP contribution in [-0.4, -0.2) is 63.2 Å². The van der Waals surface area contributed by atoms with Crippen molar-refractivity contribution in [2.45, 2.75) is 26.3 Å². The highest BCUT2D eigenvalue weighted by Gasteiger charge is 2.29. The van der Waals surface area contributed by atoms with Gasteiger partial charge < -0.3 is 9.80 Å². The number of carbonyl (C=O) groups excluding carboxylic acids is 1. The van der Waals surface area contributed by atoms with Gasteiger partial charge in [-0.05, 0) is 32.5 Å². The predicted octanol–water partition coefficient (Wildman–Crippen LogP) is 1.61. The van der Waals surface area contributed by atoms with E-state index in [1.807, 2.05) is 30.0 Å². The van der Waals surface area contributed by atoms with Crippen LogP contribution < -0.4 is 0 Å². The summed E-state index contributed by atoms with van der Waals surface area (Å²) >= 11 is 0. The number of pyridine rings is 1. The molecule has 1 aliphatic rings. The van der Waals surface area contributed by atoms with Crippen molar-refractivity contribution in [1.29, 1.82) is 0 Å². The van der Waals surface area contributed by atoms with Crippen molar-refractivity contribution < 1.29 is 4.79 Å². The molecule has 3 heterocycles. The quantitative estimate of drug-likeness (QED) is 0.864. The standard InChI is InChI=1S/C17H23N5O/c1-4-15-14(11-19-22(15)16-7-5-6-8-18-16)17(23)21-10-9-20(3)12-13(21)2/h5-8,11,13H,4,9-10,12H2,1-3H3/t13-/m0/s1. The van der Waals surface area contributed by atoms with Crippen LogP contribution in [0.1, 0.15) is 29.9 Å². The fourth-order valence-electron chi connectivity index (χ4n) is 3.17. The smallest absolute Gasteiger partial charge is 0.257 e. The average molecular weight is 313 g/mol. The molecule has 6 nitrogen and oxygen atoms in total. The zero-order valence-corrected chi connectivity index (χ0v) is 13.9. The molecule has 1 aliphatic heterocycles. The number of carbonyl (C=O) groups is 1. The third-order valence-corrected chi connectivity index (χ3v) is 4.39. The Balaban J connectivity index is 1.91. The Morgan fingerprint density at radius 1 is 1.35 bits per heavy atom. The SMILES string of the molecule is CCc1c(C(=O)N2CCN(C)C[C@@H]2C)cnn1-c1ccccn1. The molecule has 2 aromatic heterocycles. The summed E-state index contributed by atoms with van der Waals surface area (Å²) < 4.78 is 1.77. The van der Waals surface area contributed by atoms with Crippen molar-refractivity contribution >= 4 is 5.91 Å². The van der Waals surface area contributed by atoms with Crippen LogP contribution in [0.25, 0.3) is 5.82 Å². The lowest BCUT2D eigenvalue weighted by Gasteiger charge is -2.38. The van der Waals surface area contributed by atoms with Gasteiger partial charge in [0.1, 0.15) is 0 Å². The van der Waals surface area contributed by atoms with Crippen molar-refractivity contribution in [3.8, 4) is 5.82 Å². The molecule has 0 N–H and O–H groups in total. The third kappa shape index (κ3) is 2.99. The van der Waals surface area contributed by atoms with E-state index in [2.05, 4.69) is 29.0 Å². The Labute approximate surface area is 136 Å². The van der Waals surface area contributed by atoms with Gasteiger partial charge in [-0.3, -0.25) is 4.79 Å². The average Bonchev–Trinajstić information content (AvgIpc) is 2.99. The molecule has 1 saturated heterocycles. The molecule has 6 heteroatoms. The first-order chi connectivity index (χ1) is 11.1. The van der Waals surface area contributed by atoms with Gasteiger partial charge in [-0.1, -0.05) is 13.0 Å². The molecule has 0 aliphatic carbocycles. The molecule has 0 unspecified atom stereocenters. The van der Waals surface area contributed by atoms with Crippen molar-refractivity contribution in [1.82, 2.24) is 24.6 Å². The van der Waals surface area contributed by atoms with E-state index >= 15 is 0 Å². The maximum Gasteiger partial charge on any atom is 0.257 e. The van der Waals surface area contributed by atoms with E-state index in [1.165, 1.54) is 0 Å². The van der Waals surface area contributed by atoms with Crippen molar-refractivity contribution in [3.05, 3.63) is 41.9 Å². The minimum absolute atomic E-state index is 0.0737. The van der Waals surface area contributed by atoms with Crippen molar-refractivity contribution in [3.63, 3.8) is 0 Å². The molecular weight excluding hydrogens is 290 g/mol. The van der Waals surface area contributed by atoms with Gasteiger partial charge in [0.2, 0.25) is 0 Å². The molecule has 3 rings (SSSR count). The van der Waals surface area contributed by atoms with Crippen LogP contribution >= 0.6 is 0 Å². The highest BCUT2D eigenvalue weighted by molar-refractivity contribution is 5.95. The second-order valence-electron chi connectivity index (χ2n) is 6.07. The Bertz CT molecular complexity index is 682. The van der Waals surface area contributed by atoms with Gasteiger partial charge in [0.15, 0.2) is 5.82 Å². The lowest BCUT2D eigenvalue weighted by Crippen LogP contribution is -2.52. The van der Waals surface area contributed by atoms with Gasteiger partial charge in [0, 0.05) is 31.9 Å². The second kappa shape index (κ2) is 6.50. The van der Waals surface area contributed by atoms with Crippen LogP contribution in [0.5, 0.6) is 0 Å². The Hall–Kier alpha value is -2.21. The number of rotatable bonds is 3. The topological polar surface area (TPSA) is 54.3 Å². The molecule has 1 amide bonds. The van der Waals surface area contributed by atoms with E-state index in [0.29, 0.717) is 5.56 Å². The largest absolute Gasteiger partial charge is 0.333 e. The van der Waals surface area contributed by atoms with Gasteiger partial charge in [0.25, 0.3) is 5.91 Å². The summed E-state index contributed by atoms with van der Waals surface area (Å²) in [6.45, 7) is 6.71. The zero-order chi connectivity index (χ0) is 16.4. The molecule has 1 fully saturated rings. The fraction of sp³-hybridized carbons (Fsp3) is 0.471. The summed E-state index contributed by atoms with van der Waals surface area (Å²) in [4.78, 5) is 21.5.